The summed E-state index contributed by atoms with van der Waals surface area (Å²) in [5.74, 6) is 0.643. The Balaban J connectivity index is 1.65. The lowest BCUT2D eigenvalue weighted by Crippen LogP contribution is -2.71. The molecule has 0 aliphatic carbocycles. The second kappa shape index (κ2) is 4.61. The van der Waals surface area contributed by atoms with Crippen molar-refractivity contribution in [3.8, 4) is 0 Å². The van der Waals surface area contributed by atoms with Gasteiger partial charge in [0.2, 0.25) is 5.95 Å². The number of aromatic nitrogens is 2. The molecule has 2 aliphatic rings. The maximum Gasteiger partial charge on any atom is 0.407 e. The van der Waals surface area contributed by atoms with Crippen LogP contribution in [0.4, 0.5) is 10.7 Å². The number of carbonyl (C=O) groups is 1. The number of anilines is 1. The maximum absolute atomic E-state index is 11.0. The second-order valence-electron chi connectivity index (χ2n) is 4.79. The molecule has 3 rings (SSSR count). The Labute approximate surface area is 118 Å². The lowest BCUT2D eigenvalue weighted by atomic mass is 9.92. The highest BCUT2D eigenvalue weighted by atomic mass is 79.9. The van der Waals surface area contributed by atoms with Crippen molar-refractivity contribution >= 4 is 28.0 Å². The Morgan fingerprint density at radius 3 is 2.68 bits per heavy atom. The summed E-state index contributed by atoms with van der Waals surface area (Å²) < 4.78 is 6.58. The Kier molecular flexibility index (Phi) is 3.06. The number of amides is 1. The van der Waals surface area contributed by atoms with Gasteiger partial charge in [-0.15, -0.1) is 0 Å². The number of ether oxygens (including phenoxy) is 1. The summed E-state index contributed by atoms with van der Waals surface area (Å²) >= 11 is 3.29. The normalized spacial score (nSPS) is 21.3. The molecule has 0 aromatic carbocycles. The standard InChI is InChI=1S/C11H13BrN4O3/c12-8-3-13-9(14-4-8)16-6-11(7-16)5-15(10(17)18)1-2-19-11/h3-4H,1-2,5-7H2,(H,17,18). The summed E-state index contributed by atoms with van der Waals surface area (Å²) in [4.78, 5) is 22.8. The molecule has 7 nitrogen and oxygen atoms in total. The van der Waals surface area contributed by atoms with E-state index in [1.54, 1.807) is 12.4 Å². The van der Waals surface area contributed by atoms with Crippen LogP contribution in [0, 0.1) is 0 Å². The second-order valence-corrected chi connectivity index (χ2v) is 5.71. The van der Waals surface area contributed by atoms with E-state index in [1.165, 1.54) is 4.90 Å². The van der Waals surface area contributed by atoms with E-state index >= 15 is 0 Å². The molecule has 3 heterocycles. The van der Waals surface area contributed by atoms with Crippen LogP contribution in [0.25, 0.3) is 0 Å². The van der Waals surface area contributed by atoms with E-state index in [1.807, 2.05) is 4.90 Å². The number of nitrogens with zero attached hydrogens (tertiary/aromatic N) is 4. The largest absolute Gasteiger partial charge is 0.465 e. The van der Waals surface area contributed by atoms with Crippen LogP contribution < -0.4 is 4.90 Å². The van der Waals surface area contributed by atoms with E-state index < -0.39 is 11.7 Å². The van der Waals surface area contributed by atoms with Crippen LogP contribution in [0.3, 0.4) is 0 Å². The van der Waals surface area contributed by atoms with Crippen molar-refractivity contribution in [1.82, 2.24) is 14.9 Å². The van der Waals surface area contributed by atoms with E-state index in [0.29, 0.717) is 38.7 Å². The molecule has 0 unspecified atom stereocenters. The molecule has 19 heavy (non-hydrogen) atoms. The monoisotopic (exact) mass is 328 g/mol. The number of carboxylic acid groups (broad SMARTS) is 1. The summed E-state index contributed by atoms with van der Waals surface area (Å²) in [5.41, 5.74) is -0.396. The quantitative estimate of drug-likeness (QED) is 0.821. The molecule has 2 saturated heterocycles. The van der Waals surface area contributed by atoms with Crippen LogP contribution in [0.15, 0.2) is 16.9 Å². The number of hydrogen-bond donors (Lipinski definition) is 1. The average molecular weight is 329 g/mol. The van der Waals surface area contributed by atoms with Gasteiger partial charge in [-0.25, -0.2) is 14.8 Å². The van der Waals surface area contributed by atoms with E-state index in [2.05, 4.69) is 25.9 Å². The highest BCUT2D eigenvalue weighted by Gasteiger charge is 2.49. The van der Waals surface area contributed by atoms with Gasteiger partial charge in [-0.1, -0.05) is 0 Å². The zero-order valence-electron chi connectivity index (χ0n) is 10.1. The molecule has 102 valence electrons. The van der Waals surface area contributed by atoms with Gasteiger partial charge in [-0.05, 0) is 15.9 Å². The molecule has 1 aromatic rings. The fourth-order valence-electron chi connectivity index (χ4n) is 2.46. The van der Waals surface area contributed by atoms with Crippen molar-refractivity contribution in [2.24, 2.45) is 0 Å². The van der Waals surface area contributed by atoms with Crippen molar-refractivity contribution < 1.29 is 14.6 Å². The van der Waals surface area contributed by atoms with Crippen LogP contribution >= 0.6 is 15.9 Å². The smallest absolute Gasteiger partial charge is 0.407 e. The average Bonchev–Trinajstić information content (AvgIpc) is 2.37. The first kappa shape index (κ1) is 12.6. The summed E-state index contributed by atoms with van der Waals surface area (Å²) in [5, 5.41) is 9.03. The molecule has 2 fully saturated rings. The Morgan fingerprint density at radius 1 is 1.37 bits per heavy atom. The van der Waals surface area contributed by atoms with Gasteiger partial charge in [0, 0.05) is 18.9 Å². The van der Waals surface area contributed by atoms with E-state index in [0.717, 1.165) is 4.47 Å². The Morgan fingerprint density at radius 2 is 2.05 bits per heavy atom. The third kappa shape index (κ3) is 2.37. The number of hydrogen-bond acceptors (Lipinski definition) is 5. The lowest BCUT2D eigenvalue weighted by Gasteiger charge is -2.53. The van der Waals surface area contributed by atoms with Crippen LogP contribution in [-0.2, 0) is 4.74 Å². The van der Waals surface area contributed by atoms with Crippen molar-refractivity contribution in [2.45, 2.75) is 5.60 Å². The predicted molar refractivity (Wildman–Crippen MR) is 70.2 cm³/mol. The van der Waals surface area contributed by atoms with Crippen LogP contribution in [-0.4, -0.2) is 64.5 Å². The molecule has 1 aromatic heterocycles. The van der Waals surface area contributed by atoms with Crippen molar-refractivity contribution in [1.29, 1.82) is 0 Å². The van der Waals surface area contributed by atoms with Gasteiger partial charge in [0.25, 0.3) is 0 Å². The Hall–Kier alpha value is -1.41. The SMILES string of the molecule is O=C(O)N1CCOC2(C1)CN(c1ncc(Br)cn1)C2. The van der Waals surface area contributed by atoms with Gasteiger partial charge in [0.1, 0.15) is 5.60 Å². The van der Waals surface area contributed by atoms with E-state index in [-0.39, 0.29) is 0 Å². The zero-order chi connectivity index (χ0) is 13.5. The van der Waals surface area contributed by atoms with Crippen LogP contribution in [0.2, 0.25) is 0 Å². The molecular weight excluding hydrogens is 316 g/mol. The Bertz CT molecular complexity index is 489. The molecule has 8 heteroatoms. The molecule has 0 saturated carbocycles. The molecule has 0 radical (unpaired) electrons. The third-order valence-electron chi connectivity index (χ3n) is 3.37. The summed E-state index contributed by atoms with van der Waals surface area (Å²) in [7, 11) is 0. The first-order chi connectivity index (χ1) is 9.08. The maximum atomic E-state index is 11.0. The van der Waals surface area contributed by atoms with E-state index in [4.69, 9.17) is 9.84 Å². The van der Waals surface area contributed by atoms with Gasteiger partial charge < -0.3 is 19.6 Å². The topological polar surface area (TPSA) is 78.8 Å². The van der Waals surface area contributed by atoms with Gasteiger partial charge in [0.15, 0.2) is 0 Å². The third-order valence-corrected chi connectivity index (χ3v) is 3.78. The number of halogens is 1. The van der Waals surface area contributed by atoms with Gasteiger partial charge in [0.05, 0.1) is 30.7 Å². The highest BCUT2D eigenvalue weighted by Crippen LogP contribution is 2.31. The summed E-state index contributed by atoms with van der Waals surface area (Å²) in [6.45, 7) is 2.54. The minimum Gasteiger partial charge on any atom is -0.465 e. The fraction of sp³-hybridized carbons (Fsp3) is 0.545. The molecule has 0 atom stereocenters. The van der Waals surface area contributed by atoms with Crippen molar-refractivity contribution in [2.75, 3.05) is 37.7 Å². The fourth-order valence-corrected chi connectivity index (χ4v) is 2.66. The molecular formula is C11H13BrN4O3. The summed E-state index contributed by atoms with van der Waals surface area (Å²) in [6, 6.07) is 0. The van der Waals surface area contributed by atoms with Crippen molar-refractivity contribution in [3.63, 3.8) is 0 Å². The number of morpholine rings is 1. The van der Waals surface area contributed by atoms with E-state index in [9.17, 15) is 4.79 Å². The summed E-state index contributed by atoms with van der Waals surface area (Å²) in [6.07, 6.45) is 2.50. The molecule has 1 amide bonds. The first-order valence-corrected chi connectivity index (χ1v) is 6.72. The highest BCUT2D eigenvalue weighted by molar-refractivity contribution is 9.10. The molecule has 2 aliphatic heterocycles. The predicted octanol–water partition coefficient (Wildman–Crippen LogP) is 0.808. The first-order valence-electron chi connectivity index (χ1n) is 5.92. The van der Waals surface area contributed by atoms with Crippen LogP contribution in [0.5, 0.6) is 0 Å². The lowest BCUT2D eigenvalue weighted by molar-refractivity contribution is -0.116. The molecule has 1 N–H and O–H groups in total. The van der Waals surface area contributed by atoms with Crippen LogP contribution in [0.1, 0.15) is 0 Å². The molecule has 1 spiro atoms. The zero-order valence-corrected chi connectivity index (χ0v) is 11.7. The molecule has 0 bridgehead atoms. The van der Waals surface area contributed by atoms with Gasteiger partial charge in [-0.2, -0.15) is 0 Å². The minimum absolute atomic E-state index is 0.396. The number of rotatable bonds is 1. The minimum atomic E-state index is -0.888. The van der Waals surface area contributed by atoms with Gasteiger partial charge >= 0.3 is 6.09 Å². The van der Waals surface area contributed by atoms with Gasteiger partial charge in [-0.3, -0.25) is 0 Å². The van der Waals surface area contributed by atoms with Crippen molar-refractivity contribution in [3.05, 3.63) is 16.9 Å².